The minimum atomic E-state index is -3.68. The number of amides is 1. The molecule has 1 atom stereocenters. The normalized spacial score (nSPS) is 13.1. The lowest BCUT2D eigenvalue weighted by atomic mass is 10.1. The Morgan fingerprint density at radius 2 is 1.86 bits per heavy atom. The number of nitrogens with zero attached hydrogens (tertiary/aromatic N) is 3. The Balaban J connectivity index is 2.21. The first kappa shape index (κ1) is 22.1. The van der Waals surface area contributed by atoms with Crippen molar-refractivity contribution < 1.29 is 17.6 Å². The largest absolute Gasteiger partial charge is 0.446 e. The fourth-order valence-electron chi connectivity index (χ4n) is 2.56. The highest BCUT2D eigenvalue weighted by molar-refractivity contribution is 7.87. The highest BCUT2D eigenvalue weighted by Gasteiger charge is 2.29. The molecule has 0 saturated heterocycles. The molecule has 0 unspecified atom stereocenters. The van der Waals surface area contributed by atoms with Crippen LogP contribution in [0.25, 0.3) is 0 Å². The summed E-state index contributed by atoms with van der Waals surface area (Å²) < 4.78 is 33.5. The zero-order valence-electron chi connectivity index (χ0n) is 16.9. The number of rotatable bonds is 9. The summed E-state index contributed by atoms with van der Waals surface area (Å²) in [5.41, 5.74) is 1.17. The van der Waals surface area contributed by atoms with E-state index >= 15 is 0 Å². The minimum Gasteiger partial charge on any atom is -0.446 e. The third kappa shape index (κ3) is 5.40. The molecule has 0 aliphatic heterocycles. The summed E-state index contributed by atoms with van der Waals surface area (Å²) >= 11 is 0. The van der Waals surface area contributed by atoms with Crippen LogP contribution in [0.15, 0.2) is 41.0 Å². The fourth-order valence-corrected chi connectivity index (χ4v) is 3.46. The van der Waals surface area contributed by atoms with Gasteiger partial charge in [0, 0.05) is 27.2 Å². The Hall–Kier alpha value is -2.23. The highest BCUT2D eigenvalue weighted by Crippen LogP contribution is 2.23. The molecule has 0 fully saturated rings. The Labute approximate surface area is 166 Å². The van der Waals surface area contributed by atoms with Gasteiger partial charge in [-0.05, 0) is 18.4 Å². The number of oxazole rings is 1. The van der Waals surface area contributed by atoms with Crippen molar-refractivity contribution in [3.05, 3.63) is 53.7 Å². The maximum Gasteiger partial charge on any atom is 0.279 e. The van der Waals surface area contributed by atoms with Crippen molar-refractivity contribution in [2.75, 3.05) is 20.6 Å². The average molecular weight is 409 g/mol. The van der Waals surface area contributed by atoms with E-state index in [4.69, 9.17) is 4.42 Å². The molecule has 8 nitrogen and oxygen atoms in total. The lowest BCUT2D eigenvalue weighted by molar-refractivity contribution is 0.0746. The third-order valence-corrected chi connectivity index (χ3v) is 5.83. The van der Waals surface area contributed by atoms with E-state index in [0.717, 1.165) is 9.87 Å². The molecule has 0 spiro atoms. The van der Waals surface area contributed by atoms with E-state index in [-0.39, 0.29) is 23.4 Å². The number of hydrogen-bond donors (Lipinski definition) is 1. The molecule has 28 heavy (non-hydrogen) atoms. The molecule has 0 aliphatic carbocycles. The number of carbonyl (C=O) groups excluding carboxylic acids is 1. The summed E-state index contributed by atoms with van der Waals surface area (Å²) in [7, 11) is -0.800. The van der Waals surface area contributed by atoms with Crippen molar-refractivity contribution >= 4 is 16.1 Å². The molecule has 0 aliphatic rings. The predicted molar refractivity (Wildman–Crippen MR) is 107 cm³/mol. The Morgan fingerprint density at radius 1 is 1.21 bits per heavy atom. The molecule has 9 heteroatoms. The summed E-state index contributed by atoms with van der Waals surface area (Å²) in [6.07, 6.45) is 1.28. The van der Waals surface area contributed by atoms with E-state index in [1.165, 1.54) is 20.4 Å². The van der Waals surface area contributed by atoms with Crippen LogP contribution in [0.4, 0.5) is 0 Å². The molecule has 0 bridgehead atoms. The van der Waals surface area contributed by atoms with E-state index in [9.17, 15) is 13.2 Å². The van der Waals surface area contributed by atoms with Crippen LogP contribution in [-0.2, 0) is 16.8 Å². The van der Waals surface area contributed by atoms with Gasteiger partial charge in [0.2, 0.25) is 5.89 Å². The third-order valence-electron chi connectivity index (χ3n) is 4.32. The summed E-state index contributed by atoms with van der Waals surface area (Å²) in [5.74, 6) is -0.221. The predicted octanol–water partition coefficient (Wildman–Crippen LogP) is 2.43. The molecule has 1 heterocycles. The van der Waals surface area contributed by atoms with Gasteiger partial charge in [-0.15, -0.1) is 0 Å². The molecule has 0 saturated carbocycles. The van der Waals surface area contributed by atoms with Gasteiger partial charge in [-0.25, -0.2) is 4.98 Å². The van der Waals surface area contributed by atoms with Gasteiger partial charge in [0.15, 0.2) is 5.69 Å². The Morgan fingerprint density at radius 3 is 2.39 bits per heavy atom. The van der Waals surface area contributed by atoms with E-state index in [2.05, 4.69) is 9.71 Å². The Bertz CT molecular complexity index is 878. The van der Waals surface area contributed by atoms with E-state index in [1.54, 1.807) is 4.90 Å². The standard InChI is InChI=1S/C19H28N4O4S/c1-6-23(12-15-10-8-7-9-11-15)19(24)16-13-27-18(20-16)17(14(2)3)21-28(25,26)22(4)5/h7-11,13-14,17,21H,6,12H2,1-5H3/t17-/m1/s1. The second-order valence-electron chi connectivity index (χ2n) is 7.00. The van der Waals surface area contributed by atoms with Crippen molar-refractivity contribution in [1.82, 2.24) is 18.9 Å². The minimum absolute atomic E-state index is 0.122. The van der Waals surface area contributed by atoms with Crippen LogP contribution in [0.1, 0.15) is 48.8 Å². The van der Waals surface area contributed by atoms with Gasteiger partial charge in [-0.1, -0.05) is 44.2 Å². The zero-order valence-corrected chi connectivity index (χ0v) is 17.7. The molecule has 154 valence electrons. The molecule has 1 amide bonds. The van der Waals surface area contributed by atoms with Crippen LogP contribution in [0, 0.1) is 5.92 Å². The number of carbonyl (C=O) groups is 1. The Kier molecular flexibility index (Phi) is 7.34. The van der Waals surface area contributed by atoms with Crippen LogP contribution >= 0.6 is 0 Å². The van der Waals surface area contributed by atoms with E-state index in [0.29, 0.717) is 13.1 Å². The highest BCUT2D eigenvalue weighted by atomic mass is 32.2. The molecule has 2 aromatic rings. The van der Waals surface area contributed by atoms with Gasteiger partial charge in [0.05, 0.1) is 0 Å². The van der Waals surface area contributed by atoms with Crippen LogP contribution in [-0.4, -0.2) is 49.2 Å². The van der Waals surface area contributed by atoms with Crippen LogP contribution in [0.2, 0.25) is 0 Å². The molecule has 0 radical (unpaired) electrons. The zero-order chi connectivity index (χ0) is 20.9. The van der Waals surface area contributed by atoms with Crippen molar-refractivity contribution in [2.24, 2.45) is 5.92 Å². The summed E-state index contributed by atoms with van der Waals surface area (Å²) in [6, 6.07) is 8.99. The van der Waals surface area contributed by atoms with Gasteiger partial charge >= 0.3 is 0 Å². The lowest BCUT2D eigenvalue weighted by Crippen LogP contribution is -2.40. The number of nitrogens with one attached hydrogen (secondary N) is 1. The smallest absolute Gasteiger partial charge is 0.279 e. The van der Waals surface area contributed by atoms with Crippen molar-refractivity contribution in [1.29, 1.82) is 0 Å². The topological polar surface area (TPSA) is 95.8 Å². The monoisotopic (exact) mass is 408 g/mol. The molecule has 2 rings (SSSR count). The van der Waals surface area contributed by atoms with Crippen molar-refractivity contribution in [2.45, 2.75) is 33.4 Å². The van der Waals surface area contributed by atoms with Gasteiger partial charge in [0.1, 0.15) is 12.3 Å². The maximum absolute atomic E-state index is 12.8. The molecular formula is C19H28N4O4S. The first-order valence-corrected chi connectivity index (χ1v) is 10.6. The first-order valence-electron chi connectivity index (χ1n) is 9.14. The van der Waals surface area contributed by atoms with Crippen LogP contribution < -0.4 is 4.72 Å². The van der Waals surface area contributed by atoms with E-state index < -0.39 is 16.3 Å². The van der Waals surface area contributed by atoms with Crippen molar-refractivity contribution in [3.63, 3.8) is 0 Å². The van der Waals surface area contributed by atoms with Crippen LogP contribution in [0.3, 0.4) is 0 Å². The number of hydrogen-bond acceptors (Lipinski definition) is 5. The molecule has 1 N–H and O–H groups in total. The van der Waals surface area contributed by atoms with Crippen LogP contribution in [0.5, 0.6) is 0 Å². The summed E-state index contributed by atoms with van der Waals surface area (Å²) in [4.78, 5) is 18.8. The van der Waals surface area contributed by atoms with Crippen molar-refractivity contribution in [3.8, 4) is 0 Å². The molecular weight excluding hydrogens is 380 g/mol. The summed E-state index contributed by atoms with van der Waals surface area (Å²) in [6.45, 7) is 6.56. The molecule has 1 aromatic carbocycles. The molecule has 1 aromatic heterocycles. The van der Waals surface area contributed by atoms with Gasteiger partial charge < -0.3 is 9.32 Å². The summed E-state index contributed by atoms with van der Waals surface area (Å²) in [5, 5.41) is 0. The van der Waals surface area contributed by atoms with Gasteiger partial charge in [-0.3, -0.25) is 4.79 Å². The second-order valence-corrected chi connectivity index (χ2v) is 8.92. The van der Waals surface area contributed by atoms with E-state index in [1.807, 2.05) is 51.1 Å². The SMILES string of the molecule is CCN(Cc1ccccc1)C(=O)c1coc([C@H](NS(=O)(=O)N(C)C)C(C)C)n1. The number of benzene rings is 1. The maximum atomic E-state index is 12.8. The second kappa shape index (κ2) is 9.31. The lowest BCUT2D eigenvalue weighted by Gasteiger charge is -2.21. The quantitative estimate of drug-likeness (QED) is 0.687. The van der Waals surface area contributed by atoms with Gasteiger partial charge in [0.25, 0.3) is 16.1 Å². The van der Waals surface area contributed by atoms with Gasteiger partial charge in [-0.2, -0.15) is 17.4 Å². The average Bonchev–Trinajstić information content (AvgIpc) is 3.14. The fraction of sp³-hybridized carbons (Fsp3) is 0.474. The number of aromatic nitrogens is 1. The first-order chi connectivity index (χ1) is 13.2.